The van der Waals surface area contributed by atoms with Gasteiger partial charge in [0.2, 0.25) is 5.88 Å². The van der Waals surface area contributed by atoms with Crippen LogP contribution in [0.5, 0.6) is 5.88 Å². The molecule has 1 aliphatic carbocycles. The quantitative estimate of drug-likeness (QED) is 0.171. The Hall–Kier alpha value is -3.73. The second-order valence-corrected chi connectivity index (χ2v) is 10.8. The van der Waals surface area contributed by atoms with Gasteiger partial charge in [0.05, 0.1) is 4.92 Å². The van der Waals surface area contributed by atoms with E-state index < -0.39 is 22.4 Å². The van der Waals surface area contributed by atoms with E-state index in [1.807, 2.05) is 24.3 Å². The zero-order valence-electron chi connectivity index (χ0n) is 22.5. The van der Waals surface area contributed by atoms with Crippen LogP contribution in [0.1, 0.15) is 42.4 Å². The van der Waals surface area contributed by atoms with E-state index >= 15 is 0 Å². The summed E-state index contributed by atoms with van der Waals surface area (Å²) < 4.78 is 59.4. The summed E-state index contributed by atoms with van der Waals surface area (Å²) in [6, 6.07) is 13.8. The third kappa shape index (κ3) is 7.52. The van der Waals surface area contributed by atoms with Gasteiger partial charge >= 0.3 is 6.18 Å². The Bertz CT molecular complexity index is 1340. The summed E-state index contributed by atoms with van der Waals surface area (Å²) in [5.41, 5.74) is 0.480. The highest BCUT2D eigenvalue weighted by Gasteiger charge is 2.38. The van der Waals surface area contributed by atoms with Gasteiger partial charge in [-0.05, 0) is 73.4 Å². The van der Waals surface area contributed by atoms with E-state index in [1.165, 1.54) is 18.2 Å². The van der Waals surface area contributed by atoms with Gasteiger partial charge in [0.1, 0.15) is 17.5 Å². The number of hydrogen-bond donors (Lipinski definition) is 0. The molecule has 0 spiro atoms. The Labute approximate surface area is 235 Å². The van der Waals surface area contributed by atoms with E-state index in [2.05, 4.69) is 14.8 Å². The summed E-state index contributed by atoms with van der Waals surface area (Å²) in [4.78, 5) is 19.1. The minimum atomic E-state index is -4.77. The van der Waals surface area contributed by atoms with E-state index in [-0.39, 0.29) is 17.8 Å². The standard InChI is InChI=1S/C30H32F4N4O3/c31-24-6-1-22(2-7-24)20-36-13-15-37(16-14-36)25-11-12-35-29(19-25)41-26-8-3-21(4-9-26)17-23-5-10-28(38(39)40)27(18-23)30(32,33)34/h1-2,5-7,10-12,18-19,21,26H,3-4,8-9,13-17,20H2. The zero-order valence-corrected chi connectivity index (χ0v) is 22.5. The van der Waals surface area contributed by atoms with Crippen molar-refractivity contribution >= 4 is 11.4 Å². The number of halogens is 4. The number of piperazine rings is 1. The lowest BCUT2D eigenvalue weighted by atomic mass is 9.83. The molecule has 0 atom stereocenters. The summed E-state index contributed by atoms with van der Waals surface area (Å²) in [7, 11) is 0. The van der Waals surface area contributed by atoms with Crippen molar-refractivity contribution in [2.24, 2.45) is 5.92 Å². The number of pyridine rings is 1. The second-order valence-electron chi connectivity index (χ2n) is 10.8. The highest BCUT2D eigenvalue weighted by atomic mass is 19.4. The topological polar surface area (TPSA) is 71.7 Å². The molecule has 0 radical (unpaired) electrons. The molecule has 11 heteroatoms. The molecular formula is C30H32F4N4O3. The molecule has 2 fully saturated rings. The molecule has 0 bridgehead atoms. The van der Waals surface area contributed by atoms with Crippen LogP contribution in [0.25, 0.3) is 0 Å². The Kier molecular flexibility index (Phi) is 8.72. The number of rotatable bonds is 8. The number of benzene rings is 2. The van der Waals surface area contributed by atoms with Crippen LogP contribution < -0.4 is 9.64 Å². The van der Waals surface area contributed by atoms with Gasteiger partial charge in [-0.1, -0.05) is 18.2 Å². The van der Waals surface area contributed by atoms with E-state index in [0.717, 1.165) is 81.8 Å². The van der Waals surface area contributed by atoms with Crippen molar-refractivity contribution < 1.29 is 27.2 Å². The van der Waals surface area contributed by atoms with E-state index in [0.29, 0.717) is 17.9 Å². The first-order valence-corrected chi connectivity index (χ1v) is 13.8. The molecule has 0 N–H and O–H groups in total. The molecule has 0 amide bonds. The Morgan fingerprint density at radius 3 is 2.27 bits per heavy atom. The molecule has 5 rings (SSSR count). The molecule has 0 unspecified atom stereocenters. The van der Waals surface area contributed by atoms with Gasteiger partial charge in [-0.2, -0.15) is 13.2 Å². The molecule has 1 saturated carbocycles. The van der Waals surface area contributed by atoms with Crippen LogP contribution in [0.15, 0.2) is 60.8 Å². The average molecular weight is 573 g/mol. The molecule has 2 aliphatic rings. The number of ether oxygens (including phenoxy) is 1. The molecule has 3 aromatic rings. The van der Waals surface area contributed by atoms with Crippen LogP contribution in [0, 0.1) is 21.8 Å². The fraction of sp³-hybridized carbons (Fsp3) is 0.433. The van der Waals surface area contributed by atoms with Crippen molar-refractivity contribution in [2.45, 2.75) is 50.9 Å². The third-order valence-corrected chi connectivity index (χ3v) is 7.94. The number of alkyl halides is 3. The van der Waals surface area contributed by atoms with E-state index in [1.54, 1.807) is 6.20 Å². The zero-order chi connectivity index (χ0) is 29.0. The summed E-state index contributed by atoms with van der Waals surface area (Å²) in [5, 5.41) is 11.0. The fourth-order valence-electron chi connectivity index (χ4n) is 5.73. The molecule has 1 saturated heterocycles. The number of anilines is 1. The lowest BCUT2D eigenvalue weighted by Crippen LogP contribution is -2.46. The first kappa shape index (κ1) is 28.8. The molecular weight excluding hydrogens is 540 g/mol. The van der Waals surface area contributed by atoms with Crippen LogP contribution in [0.4, 0.5) is 28.9 Å². The molecule has 7 nitrogen and oxygen atoms in total. The van der Waals surface area contributed by atoms with Gasteiger partial charge in [-0.3, -0.25) is 15.0 Å². The fourth-order valence-corrected chi connectivity index (χ4v) is 5.73. The number of nitro groups is 1. The molecule has 1 aliphatic heterocycles. The number of nitro benzene ring substituents is 1. The molecule has 41 heavy (non-hydrogen) atoms. The predicted octanol–water partition coefficient (Wildman–Crippen LogP) is 6.65. The molecule has 2 heterocycles. The van der Waals surface area contributed by atoms with Gasteiger partial charge in [-0.25, -0.2) is 9.37 Å². The first-order chi connectivity index (χ1) is 19.6. The van der Waals surface area contributed by atoms with Crippen LogP contribution in [0.2, 0.25) is 0 Å². The van der Waals surface area contributed by atoms with Crippen molar-refractivity contribution in [1.82, 2.24) is 9.88 Å². The number of aromatic nitrogens is 1. The third-order valence-electron chi connectivity index (χ3n) is 7.94. The van der Waals surface area contributed by atoms with Crippen molar-refractivity contribution in [2.75, 3.05) is 31.1 Å². The predicted molar refractivity (Wildman–Crippen MR) is 146 cm³/mol. The SMILES string of the molecule is O=[N+]([O-])c1ccc(CC2CCC(Oc3cc(N4CCN(Cc5ccc(F)cc5)CC4)ccn3)CC2)cc1C(F)(F)F. The van der Waals surface area contributed by atoms with Gasteiger partial charge < -0.3 is 9.64 Å². The Morgan fingerprint density at radius 2 is 1.61 bits per heavy atom. The van der Waals surface area contributed by atoms with Crippen molar-refractivity contribution in [3.05, 3.63) is 93.4 Å². The average Bonchev–Trinajstić information content (AvgIpc) is 2.95. The van der Waals surface area contributed by atoms with Gasteiger partial charge in [0.15, 0.2) is 0 Å². The second kappa shape index (κ2) is 12.4. The summed E-state index contributed by atoms with van der Waals surface area (Å²) >= 11 is 0. The van der Waals surface area contributed by atoms with Crippen LogP contribution in [-0.4, -0.2) is 47.1 Å². The van der Waals surface area contributed by atoms with Crippen LogP contribution in [-0.2, 0) is 19.1 Å². The maximum absolute atomic E-state index is 13.3. The van der Waals surface area contributed by atoms with Gasteiger partial charge in [-0.15, -0.1) is 0 Å². The molecule has 218 valence electrons. The highest BCUT2D eigenvalue weighted by molar-refractivity contribution is 5.48. The van der Waals surface area contributed by atoms with Crippen LogP contribution >= 0.6 is 0 Å². The maximum Gasteiger partial charge on any atom is 0.423 e. The highest BCUT2D eigenvalue weighted by Crippen LogP contribution is 2.38. The van der Waals surface area contributed by atoms with Crippen LogP contribution in [0.3, 0.4) is 0 Å². The normalized spacial score (nSPS) is 20.1. The number of nitrogens with zero attached hydrogens (tertiary/aromatic N) is 4. The Morgan fingerprint density at radius 1 is 0.927 bits per heavy atom. The summed E-state index contributed by atoms with van der Waals surface area (Å²) in [6.45, 7) is 4.27. The van der Waals surface area contributed by atoms with E-state index in [4.69, 9.17) is 4.74 Å². The van der Waals surface area contributed by atoms with E-state index in [9.17, 15) is 27.7 Å². The minimum absolute atomic E-state index is 0.0239. The van der Waals surface area contributed by atoms with Crippen molar-refractivity contribution in [1.29, 1.82) is 0 Å². The van der Waals surface area contributed by atoms with Crippen molar-refractivity contribution in [3.63, 3.8) is 0 Å². The maximum atomic E-state index is 13.3. The monoisotopic (exact) mass is 572 g/mol. The summed E-state index contributed by atoms with van der Waals surface area (Å²) in [6.07, 6.45) is 0.489. The lowest BCUT2D eigenvalue weighted by molar-refractivity contribution is -0.388. The van der Waals surface area contributed by atoms with Gasteiger partial charge in [0.25, 0.3) is 5.69 Å². The molecule has 1 aromatic heterocycles. The lowest BCUT2D eigenvalue weighted by Gasteiger charge is -2.36. The minimum Gasteiger partial charge on any atom is -0.474 e. The summed E-state index contributed by atoms with van der Waals surface area (Å²) in [5.74, 6) is 0.514. The Balaban J connectivity index is 1.10. The first-order valence-electron chi connectivity index (χ1n) is 13.8. The smallest absolute Gasteiger partial charge is 0.423 e. The van der Waals surface area contributed by atoms with Gasteiger partial charge in [0, 0.05) is 56.7 Å². The van der Waals surface area contributed by atoms with Crippen molar-refractivity contribution in [3.8, 4) is 5.88 Å². The largest absolute Gasteiger partial charge is 0.474 e. The number of hydrogen-bond acceptors (Lipinski definition) is 6. The molecule has 2 aromatic carbocycles.